The highest BCUT2D eigenvalue weighted by molar-refractivity contribution is 7.99. The SMILES string of the molecule is CNC(Cc1c(Cl)cccc1Cl)CC1CCSCC1. The lowest BCUT2D eigenvalue weighted by molar-refractivity contribution is 0.376. The van der Waals surface area contributed by atoms with E-state index in [1.807, 2.05) is 25.2 Å². The first-order valence-electron chi connectivity index (χ1n) is 6.88. The average Bonchev–Trinajstić information content (AvgIpc) is 2.43. The number of nitrogens with one attached hydrogen (secondary N) is 1. The fraction of sp³-hybridized carbons (Fsp3) is 0.600. The van der Waals surface area contributed by atoms with Crippen LogP contribution >= 0.6 is 35.0 Å². The van der Waals surface area contributed by atoms with E-state index in [2.05, 4.69) is 17.1 Å². The summed E-state index contributed by atoms with van der Waals surface area (Å²) in [4.78, 5) is 0. The smallest absolute Gasteiger partial charge is 0.0453 e. The number of halogens is 2. The van der Waals surface area contributed by atoms with Gasteiger partial charge in [-0.3, -0.25) is 0 Å². The second-order valence-electron chi connectivity index (χ2n) is 5.18. The third kappa shape index (κ3) is 4.56. The lowest BCUT2D eigenvalue weighted by atomic mass is 9.91. The number of hydrogen-bond donors (Lipinski definition) is 1. The van der Waals surface area contributed by atoms with Gasteiger partial charge in [0.2, 0.25) is 0 Å². The minimum absolute atomic E-state index is 0.463. The largest absolute Gasteiger partial charge is 0.317 e. The van der Waals surface area contributed by atoms with Crippen LogP contribution in [0.15, 0.2) is 18.2 Å². The molecule has 0 spiro atoms. The Hall–Kier alpha value is 0.110. The van der Waals surface area contributed by atoms with Crippen LogP contribution in [0.4, 0.5) is 0 Å². The van der Waals surface area contributed by atoms with E-state index in [9.17, 15) is 0 Å². The van der Waals surface area contributed by atoms with Crippen LogP contribution in [0.2, 0.25) is 10.0 Å². The predicted molar refractivity (Wildman–Crippen MR) is 87.7 cm³/mol. The molecule has 1 N–H and O–H groups in total. The molecular formula is C15H21Cl2NS. The Morgan fingerprint density at radius 2 is 1.89 bits per heavy atom. The molecule has 106 valence electrons. The van der Waals surface area contributed by atoms with Crippen LogP contribution in [0.1, 0.15) is 24.8 Å². The van der Waals surface area contributed by atoms with Crippen molar-refractivity contribution in [2.24, 2.45) is 5.92 Å². The van der Waals surface area contributed by atoms with Crippen molar-refractivity contribution in [1.29, 1.82) is 0 Å². The quantitative estimate of drug-likeness (QED) is 0.847. The van der Waals surface area contributed by atoms with Gasteiger partial charge in [0.25, 0.3) is 0 Å². The summed E-state index contributed by atoms with van der Waals surface area (Å²) in [6, 6.07) is 6.21. The molecular weight excluding hydrogens is 297 g/mol. The molecule has 1 atom stereocenters. The van der Waals surface area contributed by atoms with Crippen molar-refractivity contribution < 1.29 is 0 Å². The van der Waals surface area contributed by atoms with Gasteiger partial charge in [0.05, 0.1) is 0 Å². The van der Waals surface area contributed by atoms with Crippen LogP contribution < -0.4 is 5.32 Å². The van der Waals surface area contributed by atoms with Gasteiger partial charge in [0, 0.05) is 16.1 Å². The summed E-state index contributed by atoms with van der Waals surface area (Å²) in [5, 5.41) is 5.00. The van der Waals surface area contributed by atoms with E-state index in [0.29, 0.717) is 6.04 Å². The Bertz CT molecular complexity index is 385. The summed E-state index contributed by atoms with van der Waals surface area (Å²) in [6.45, 7) is 0. The van der Waals surface area contributed by atoms with Gasteiger partial charge in [-0.15, -0.1) is 0 Å². The molecule has 1 unspecified atom stereocenters. The third-order valence-corrected chi connectivity index (χ3v) is 5.64. The molecule has 0 bridgehead atoms. The van der Waals surface area contributed by atoms with Crippen LogP contribution in [-0.2, 0) is 6.42 Å². The van der Waals surface area contributed by atoms with Gasteiger partial charge in [-0.1, -0.05) is 29.3 Å². The maximum Gasteiger partial charge on any atom is 0.0453 e. The van der Waals surface area contributed by atoms with Gasteiger partial charge in [0.15, 0.2) is 0 Å². The topological polar surface area (TPSA) is 12.0 Å². The number of benzene rings is 1. The molecule has 0 saturated carbocycles. The minimum atomic E-state index is 0.463. The van der Waals surface area contributed by atoms with Gasteiger partial charge < -0.3 is 5.32 Å². The maximum absolute atomic E-state index is 6.26. The van der Waals surface area contributed by atoms with Crippen molar-refractivity contribution in [1.82, 2.24) is 5.32 Å². The van der Waals surface area contributed by atoms with Crippen molar-refractivity contribution in [3.05, 3.63) is 33.8 Å². The lowest BCUT2D eigenvalue weighted by Crippen LogP contribution is -2.31. The number of thioether (sulfide) groups is 1. The van der Waals surface area contributed by atoms with Crippen LogP contribution in [0, 0.1) is 5.92 Å². The summed E-state index contributed by atoms with van der Waals surface area (Å²) in [5.74, 6) is 3.47. The van der Waals surface area contributed by atoms with Crippen molar-refractivity contribution in [2.45, 2.75) is 31.7 Å². The fourth-order valence-electron chi connectivity index (χ4n) is 2.66. The molecule has 0 aromatic heterocycles. The van der Waals surface area contributed by atoms with Crippen LogP contribution in [0.3, 0.4) is 0 Å². The first-order chi connectivity index (χ1) is 9.20. The van der Waals surface area contributed by atoms with Crippen LogP contribution in [0.5, 0.6) is 0 Å². The third-order valence-electron chi connectivity index (χ3n) is 3.88. The van der Waals surface area contributed by atoms with E-state index in [0.717, 1.165) is 27.9 Å². The van der Waals surface area contributed by atoms with Crippen molar-refractivity contribution >= 4 is 35.0 Å². The zero-order chi connectivity index (χ0) is 13.7. The van der Waals surface area contributed by atoms with E-state index >= 15 is 0 Å². The Kier molecular flexibility index (Phi) is 6.34. The second-order valence-corrected chi connectivity index (χ2v) is 7.22. The normalized spacial score (nSPS) is 18.5. The highest BCUT2D eigenvalue weighted by atomic mass is 35.5. The van der Waals surface area contributed by atoms with Gasteiger partial charge in [0.1, 0.15) is 0 Å². The molecule has 19 heavy (non-hydrogen) atoms. The Morgan fingerprint density at radius 3 is 2.47 bits per heavy atom. The van der Waals surface area contributed by atoms with E-state index < -0.39 is 0 Å². The Balaban J connectivity index is 1.98. The Labute approximate surface area is 130 Å². The summed E-state index contributed by atoms with van der Waals surface area (Å²) in [6.07, 6.45) is 4.83. The average molecular weight is 318 g/mol. The maximum atomic E-state index is 6.26. The van der Waals surface area contributed by atoms with Crippen molar-refractivity contribution in [3.8, 4) is 0 Å². The molecule has 1 nitrogen and oxygen atoms in total. The van der Waals surface area contributed by atoms with Gasteiger partial charge >= 0.3 is 0 Å². The molecule has 4 heteroatoms. The second kappa shape index (κ2) is 7.78. The Morgan fingerprint density at radius 1 is 1.26 bits per heavy atom. The van der Waals surface area contributed by atoms with Gasteiger partial charge in [-0.05, 0) is 67.9 Å². The van der Waals surface area contributed by atoms with Crippen LogP contribution in [-0.4, -0.2) is 24.6 Å². The van der Waals surface area contributed by atoms with E-state index in [1.54, 1.807) is 0 Å². The summed E-state index contributed by atoms with van der Waals surface area (Å²) < 4.78 is 0. The highest BCUT2D eigenvalue weighted by Crippen LogP contribution is 2.30. The molecule has 0 aliphatic carbocycles. The minimum Gasteiger partial charge on any atom is -0.317 e. The summed E-state index contributed by atoms with van der Waals surface area (Å²) in [5.41, 5.74) is 1.08. The fourth-order valence-corrected chi connectivity index (χ4v) is 4.42. The molecule has 2 rings (SSSR count). The first-order valence-corrected chi connectivity index (χ1v) is 8.79. The first kappa shape index (κ1) is 15.5. The number of hydrogen-bond acceptors (Lipinski definition) is 2. The van der Waals surface area contributed by atoms with E-state index in [4.69, 9.17) is 23.2 Å². The molecule has 1 aliphatic heterocycles. The van der Waals surface area contributed by atoms with Gasteiger partial charge in [-0.25, -0.2) is 0 Å². The van der Waals surface area contributed by atoms with Crippen molar-refractivity contribution in [2.75, 3.05) is 18.6 Å². The molecule has 0 amide bonds. The molecule has 1 fully saturated rings. The van der Waals surface area contributed by atoms with E-state index in [1.165, 1.54) is 30.8 Å². The number of rotatable bonds is 5. The zero-order valence-electron chi connectivity index (χ0n) is 11.3. The predicted octanol–water partition coefficient (Wildman–Crippen LogP) is 4.66. The monoisotopic (exact) mass is 317 g/mol. The molecule has 1 heterocycles. The summed E-state index contributed by atoms with van der Waals surface area (Å²) >= 11 is 14.6. The standard InChI is InChI=1S/C15H21Cl2NS/c1-18-12(9-11-5-7-19-8-6-11)10-13-14(16)3-2-4-15(13)17/h2-4,11-12,18H,5-10H2,1H3. The molecule has 1 aromatic rings. The molecule has 1 saturated heterocycles. The molecule has 1 aliphatic rings. The lowest BCUT2D eigenvalue weighted by Gasteiger charge is -2.26. The van der Waals surface area contributed by atoms with Crippen LogP contribution in [0.25, 0.3) is 0 Å². The number of likely N-dealkylation sites (N-methyl/N-ethyl adjacent to an activating group) is 1. The highest BCUT2D eigenvalue weighted by Gasteiger charge is 2.20. The zero-order valence-corrected chi connectivity index (χ0v) is 13.6. The van der Waals surface area contributed by atoms with E-state index in [-0.39, 0.29) is 0 Å². The summed E-state index contributed by atoms with van der Waals surface area (Å²) in [7, 11) is 2.03. The van der Waals surface area contributed by atoms with Crippen molar-refractivity contribution in [3.63, 3.8) is 0 Å². The molecule has 1 aromatic carbocycles. The van der Waals surface area contributed by atoms with Gasteiger partial charge in [-0.2, -0.15) is 11.8 Å². The molecule has 0 radical (unpaired) electrons.